The zero-order chi connectivity index (χ0) is 20.4. The molecule has 148 valence electrons. The maximum Gasteiger partial charge on any atom is 0.287 e. The van der Waals surface area contributed by atoms with Crippen molar-refractivity contribution in [1.82, 2.24) is 24.9 Å². The summed E-state index contributed by atoms with van der Waals surface area (Å²) in [6.07, 6.45) is 3.28. The van der Waals surface area contributed by atoms with Crippen molar-refractivity contribution < 1.29 is 14.0 Å². The molecule has 9 nitrogen and oxygen atoms in total. The summed E-state index contributed by atoms with van der Waals surface area (Å²) in [5, 5.41) is 14.9. The summed E-state index contributed by atoms with van der Waals surface area (Å²) in [5.74, 6) is 0.736. The number of fused-ring (bicyclic) bond motifs is 1. The molecule has 2 N–H and O–H groups in total. The number of nitrogens with zero attached hydrogens (tertiary/aromatic N) is 4. The number of hydrogen-bond donors (Lipinski definition) is 2. The van der Waals surface area contributed by atoms with Crippen LogP contribution in [-0.4, -0.2) is 37.9 Å². The minimum absolute atomic E-state index is 0.0226. The van der Waals surface area contributed by atoms with Crippen LogP contribution in [0.5, 0.6) is 0 Å². The second-order valence-corrected chi connectivity index (χ2v) is 6.49. The highest BCUT2D eigenvalue weighted by atomic mass is 16.3. The van der Waals surface area contributed by atoms with Crippen molar-refractivity contribution in [2.24, 2.45) is 7.05 Å². The van der Waals surface area contributed by atoms with Gasteiger partial charge in [-0.05, 0) is 31.2 Å². The summed E-state index contributed by atoms with van der Waals surface area (Å²) >= 11 is 0. The van der Waals surface area contributed by atoms with E-state index in [0.29, 0.717) is 23.7 Å². The summed E-state index contributed by atoms with van der Waals surface area (Å²) in [7, 11) is 1.83. The lowest BCUT2D eigenvalue weighted by molar-refractivity contribution is -0.116. The average Bonchev–Trinajstić information content (AvgIpc) is 3.42. The highest BCUT2D eigenvalue weighted by molar-refractivity contribution is 5.99. The standard InChI is InChI=1S/C20H20N6O3/c1-3-21-20(28)17-9-8-16(29-17)13-10-22-26(11-13)12-18(27)23-19-14-6-4-5-7-15(14)25(2)24-19/h4-11H,3,12H2,1-2H3,(H,21,28)(H,23,24,27). The van der Waals surface area contributed by atoms with Crippen molar-refractivity contribution in [3.63, 3.8) is 0 Å². The van der Waals surface area contributed by atoms with E-state index >= 15 is 0 Å². The number of rotatable bonds is 6. The first-order valence-electron chi connectivity index (χ1n) is 9.17. The van der Waals surface area contributed by atoms with Crippen LogP contribution in [0.3, 0.4) is 0 Å². The van der Waals surface area contributed by atoms with Crippen LogP contribution in [0, 0.1) is 0 Å². The molecule has 9 heteroatoms. The number of hydrogen-bond acceptors (Lipinski definition) is 5. The zero-order valence-electron chi connectivity index (χ0n) is 16.0. The summed E-state index contributed by atoms with van der Waals surface area (Å²) in [5.41, 5.74) is 1.61. The fourth-order valence-corrected chi connectivity index (χ4v) is 3.06. The van der Waals surface area contributed by atoms with Gasteiger partial charge >= 0.3 is 0 Å². The van der Waals surface area contributed by atoms with Crippen LogP contribution in [0.25, 0.3) is 22.2 Å². The first kappa shape index (κ1) is 18.5. The molecule has 3 heterocycles. The Morgan fingerprint density at radius 2 is 2.00 bits per heavy atom. The van der Waals surface area contributed by atoms with Gasteiger partial charge in [0.2, 0.25) is 5.91 Å². The Kier molecular flexibility index (Phi) is 4.86. The van der Waals surface area contributed by atoms with Gasteiger partial charge in [-0.15, -0.1) is 0 Å². The molecule has 0 aliphatic rings. The Morgan fingerprint density at radius 1 is 1.17 bits per heavy atom. The van der Waals surface area contributed by atoms with Gasteiger partial charge in [0.15, 0.2) is 11.6 Å². The Bertz CT molecular complexity index is 1190. The monoisotopic (exact) mass is 392 g/mol. The van der Waals surface area contributed by atoms with Gasteiger partial charge < -0.3 is 15.1 Å². The van der Waals surface area contributed by atoms with Crippen LogP contribution in [0.15, 0.2) is 53.2 Å². The van der Waals surface area contributed by atoms with E-state index in [0.717, 1.165) is 10.9 Å². The maximum atomic E-state index is 12.4. The molecule has 2 amide bonds. The molecule has 0 unspecified atom stereocenters. The zero-order valence-corrected chi connectivity index (χ0v) is 16.0. The summed E-state index contributed by atoms with van der Waals surface area (Å²) in [4.78, 5) is 24.3. The predicted octanol–water partition coefficient (Wildman–Crippen LogP) is 2.42. The predicted molar refractivity (Wildman–Crippen MR) is 107 cm³/mol. The number of benzene rings is 1. The molecular weight excluding hydrogens is 372 g/mol. The van der Waals surface area contributed by atoms with Crippen molar-refractivity contribution >= 4 is 28.5 Å². The van der Waals surface area contributed by atoms with Gasteiger partial charge in [0.25, 0.3) is 5.91 Å². The summed E-state index contributed by atoms with van der Waals surface area (Å²) < 4.78 is 8.80. The molecule has 0 bridgehead atoms. The molecule has 0 fully saturated rings. The number of furan rings is 1. The SMILES string of the molecule is CCNC(=O)c1ccc(-c2cnn(CC(=O)Nc3nn(C)c4ccccc34)c2)o1. The molecule has 0 saturated carbocycles. The topological polar surface area (TPSA) is 107 Å². The Labute approximate surface area is 166 Å². The third-order valence-electron chi connectivity index (χ3n) is 4.41. The summed E-state index contributed by atoms with van der Waals surface area (Å²) in [6, 6.07) is 11.0. The molecule has 0 spiro atoms. The highest BCUT2D eigenvalue weighted by Gasteiger charge is 2.15. The molecule has 0 radical (unpaired) electrons. The lowest BCUT2D eigenvalue weighted by Crippen LogP contribution is -2.21. The molecule has 0 atom stereocenters. The van der Waals surface area contributed by atoms with Crippen molar-refractivity contribution in [1.29, 1.82) is 0 Å². The van der Waals surface area contributed by atoms with Crippen molar-refractivity contribution in [2.45, 2.75) is 13.5 Å². The van der Waals surface area contributed by atoms with Gasteiger partial charge in [-0.3, -0.25) is 19.0 Å². The van der Waals surface area contributed by atoms with E-state index in [9.17, 15) is 9.59 Å². The van der Waals surface area contributed by atoms with Crippen molar-refractivity contribution in [2.75, 3.05) is 11.9 Å². The van der Waals surface area contributed by atoms with Gasteiger partial charge in [0.05, 0.1) is 17.3 Å². The van der Waals surface area contributed by atoms with Crippen LogP contribution in [0.1, 0.15) is 17.5 Å². The number of amides is 2. The smallest absolute Gasteiger partial charge is 0.287 e. The van der Waals surface area contributed by atoms with Crippen molar-refractivity contribution in [3.8, 4) is 11.3 Å². The number of para-hydroxylation sites is 1. The van der Waals surface area contributed by atoms with Gasteiger partial charge in [-0.2, -0.15) is 10.2 Å². The van der Waals surface area contributed by atoms with E-state index in [-0.39, 0.29) is 24.1 Å². The molecule has 4 aromatic rings. The second-order valence-electron chi connectivity index (χ2n) is 6.49. The van der Waals surface area contributed by atoms with Crippen LogP contribution in [-0.2, 0) is 18.4 Å². The molecular formula is C20H20N6O3. The Hall–Kier alpha value is -3.88. The second kappa shape index (κ2) is 7.63. The lowest BCUT2D eigenvalue weighted by atomic mass is 10.2. The van der Waals surface area contributed by atoms with Crippen LogP contribution < -0.4 is 10.6 Å². The molecule has 0 aliphatic heterocycles. The molecule has 4 rings (SSSR count). The molecule has 0 aliphatic carbocycles. The maximum absolute atomic E-state index is 12.4. The molecule has 1 aromatic carbocycles. The Morgan fingerprint density at radius 3 is 2.83 bits per heavy atom. The first-order valence-corrected chi connectivity index (χ1v) is 9.17. The van der Waals surface area contributed by atoms with E-state index in [1.54, 1.807) is 29.2 Å². The number of nitrogens with one attached hydrogen (secondary N) is 2. The third-order valence-corrected chi connectivity index (χ3v) is 4.41. The normalized spacial score (nSPS) is 11.0. The number of anilines is 1. The van der Waals surface area contributed by atoms with Crippen molar-refractivity contribution in [3.05, 3.63) is 54.6 Å². The summed E-state index contributed by atoms with van der Waals surface area (Å²) in [6.45, 7) is 2.38. The fraction of sp³-hybridized carbons (Fsp3) is 0.200. The van der Waals surface area contributed by atoms with E-state index in [4.69, 9.17) is 4.42 Å². The molecule has 3 aromatic heterocycles. The van der Waals surface area contributed by atoms with Crippen LogP contribution in [0.4, 0.5) is 5.82 Å². The lowest BCUT2D eigenvalue weighted by Gasteiger charge is -2.02. The van der Waals surface area contributed by atoms with Crippen LogP contribution >= 0.6 is 0 Å². The average molecular weight is 392 g/mol. The molecule has 0 saturated heterocycles. The van der Waals surface area contributed by atoms with E-state index in [2.05, 4.69) is 20.8 Å². The third kappa shape index (κ3) is 3.75. The number of carbonyl (C=O) groups is 2. The fourth-order valence-electron chi connectivity index (χ4n) is 3.06. The van der Waals surface area contributed by atoms with Crippen LogP contribution in [0.2, 0.25) is 0 Å². The van der Waals surface area contributed by atoms with Gasteiger partial charge in [-0.25, -0.2) is 0 Å². The van der Waals surface area contributed by atoms with E-state index in [1.165, 1.54) is 4.68 Å². The first-order chi connectivity index (χ1) is 14.0. The number of carbonyl (C=O) groups excluding carboxylic acids is 2. The highest BCUT2D eigenvalue weighted by Crippen LogP contribution is 2.23. The minimum atomic E-state index is -0.270. The number of aromatic nitrogens is 4. The van der Waals surface area contributed by atoms with E-state index in [1.807, 2.05) is 38.2 Å². The van der Waals surface area contributed by atoms with Gasteiger partial charge in [-0.1, -0.05) is 12.1 Å². The largest absolute Gasteiger partial charge is 0.451 e. The molecule has 29 heavy (non-hydrogen) atoms. The minimum Gasteiger partial charge on any atom is -0.451 e. The van der Waals surface area contributed by atoms with E-state index < -0.39 is 0 Å². The Balaban J connectivity index is 1.45. The quantitative estimate of drug-likeness (QED) is 0.524. The van der Waals surface area contributed by atoms with Gasteiger partial charge in [0.1, 0.15) is 12.3 Å². The van der Waals surface area contributed by atoms with Gasteiger partial charge in [0, 0.05) is 25.2 Å². The number of aryl methyl sites for hydroxylation is 1.